The van der Waals surface area contributed by atoms with Crippen LogP contribution in [0.3, 0.4) is 0 Å². The van der Waals surface area contributed by atoms with Gasteiger partial charge in [-0.25, -0.2) is 4.79 Å². The van der Waals surface area contributed by atoms with E-state index in [1.54, 1.807) is 0 Å². The molecule has 100 valence electrons. The first-order valence-corrected chi connectivity index (χ1v) is 4.95. The summed E-state index contributed by atoms with van der Waals surface area (Å²) in [5, 5.41) is 10.7. The lowest BCUT2D eigenvalue weighted by Gasteiger charge is -2.19. The molecule has 4 nitrogen and oxygen atoms in total. The minimum atomic E-state index is -1.84. The van der Waals surface area contributed by atoms with Gasteiger partial charge in [0, 0.05) is 0 Å². The van der Waals surface area contributed by atoms with Crippen LogP contribution in [0.4, 0.5) is 23.2 Å². The highest BCUT2D eigenvalue weighted by Gasteiger charge is 2.27. The number of carboxylic acid groups (broad SMARTS) is 1. The molecule has 2 N–H and O–H groups in total. The number of nitrogens with zero attached hydrogens (tertiary/aromatic N) is 1. The van der Waals surface area contributed by atoms with Gasteiger partial charge in [0.2, 0.25) is 11.6 Å². The highest BCUT2D eigenvalue weighted by atomic mass is 19.2. The lowest BCUT2D eigenvalue weighted by Crippen LogP contribution is -2.35. The molecule has 0 spiro atoms. The molecule has 1 rings (SSSR count). The number of carboxylic acids is 1. The number of hydrogen-bond acceptors (Lipinski definition) is 3. The summed E-state index contributed by atoms with van der Waals surface area (Å²) in [7, 11) is 0. The Morgan fingerprint density at radius 1 is 1.17 bits per heavy atom. The highest BCUT2D eigenvalue weighted by Crippen LogP contribution is 2.24. The van der Waals surface area contributed by atoms with Crippen molar-refractivity contribution in [1.82, 2.24) is 4.98 Å². The van der Waals surface area contributed by atoms with E-state index >= 15 is 0 Å². The van der Waals surface area contributed by atoms with Gasteiger partial charge in [-0.1, -0.05) is 13.8 Å². The van der Waals surface area contributed by atoms with Crippen molar-refractivity contribution >= 4 is 11.7 Å². The van der Waals surface area contributed by atoms with E-state index < -0.39 is 47.1 Å². The van der Waals surface area contributed by atoms with Gasteiger partial charge in [-0.05, 0) is 5.92 Å². The Kier molecular flexibility index (Phi) is 4.10. The van der Waals surface area contributed by atoms with Crippen LogP contribution >= 0.6 is 0 Å². The molecule has 0 saturated carbocycles. The van der Waals surface area contributed by atoms with Crippen LogP contribution in [0.1, 0.15) is 13.8 Å². The number of pyridine rings is 1. The number of aromatic nitrogens is 1. The van der Waals surface area contributed by atoms with Gasteiger partial charge in [-0.2, -0.15) is 22.5 Å². The zero-order chi connectivity index (χ0) is 14.0. The second-order valence-corrected chi connectivity index (χ2v) is 3.90. The third-order valence-electron chi connectivity index (χ3n) is 2.23. The van der Waals surface area contributed by atoms with Gasteiger partial charge in [0.1, 0.15) is 11.7 Å². The number of nitrogens with one attached hydrogen (secondary N) is 1. The van der Waals surface area contributed by atoms with Crippen LogP contribution in [0.25, 0.3) is 0 Å². The highest BCUT2D eigenvalue weighted by molar-refractivity contribution is 5.77. The van der Waals surface area contributed by atoms with Crippen molar-refractivity contribution in [3.63, 3.8) is 0 Å². The number of carbonyl (C=O) groups is 1. The molecule has 0 aromatic carbocycles. The first-order chi connectivity index (χ1) is 8.25. The maximum absolute atomic E-state index is 13.2. The summed E-state index contributed by atoms with van der Waals surface area (Å²) >= 11 is 0. The number of rotatable bonds is 4. The first kappa shape index (κ1) is 14.2. The predicted molar refractivity (Wildman–Crippen MR) is 54.0 cm³/mol. The molecule has 0 bridgehead atoms. The fourth-order valence-electron chi connectivity index (χ4n) is 1.28. The van der Waals surface area contributed by atoms with E-state index in [4.69, 9.17) is 5.11 Å². The van der Waals surface area contributed by atoms with Gasteiger partial charge in [0.15, 0.2) is 0 Å². The molecule has 0 saturated heterocycles. The fraction of sp³-hybridized carbons (Fsp3) is 0.400. The van der Waals surface area contributed by atoms with Crippen molar-refractivity contribution < 1.29 is 27.5 Å². The van der Waals surface area contributed by atoms with Crippen LogP contribution in [0.15, 0.2) is 0 Å². The Hall–Kier alpha value is -1.86. The maximum Gasteiger partial charge on any atom is 0.326 e. The minimum Gasteiger partial charge on any atom is -0.480 e. The standard InChI is InChI=1S/C10H10F4N2O2/c1-3(2)6(10(17)18)15-7-4(11)8(13)16-9(14)5(7)12/h3,6H,1-2H3,(H,15,16)(H,17,18)/t6-/m0/s1. The van der Waals surface area contributed by atoms with Crippen LogP contribution in [0, 0.1) is 29.4 Å². The van der Waals surface area contributed by atoms with Crippen LogP contribution in [0.5, 0.6) is 0 Å². The monoisotopic (exact) mass is 266 g/mol. The molecule has 1 aromatic rings. The topological polar surface area (TPSA) is 62.2 Å². The van der Waals surface area contributed by atoms with Crippen LogP contribution < -0.4 is 5.32 Å². The van der Waals surface area contributed by atoms with Crippen molar-refractivity contribution in [2.24, 2.45) is 5.92 Å². The molecule has 1 heterocycles. The van der Waals surface area contributed by atoms with Crippen LogP contribution in [-0.2, 0) is 4.79 Å². The second kappa shape index (κ2) is 5.19. The van der Waals surface area contributed by atoms with Gasteiger partial charge in [-0.3, -0.25) is 0 Å². The Balaban J connectivity index is 3.21. The molecule has 1 aromatic heterocycles. The number of anilines is 1. The maximum atomic E-state index is 13.2. The third kappa shape index (κ3) is 2.69. The zero-order valence-corrected chi connectivity index (χ0v) is 9.47. The normalized spacial score (nSPS) is 12.6. The van der Waals surface area contributed by atoms with Crippen molar-refractivity contribution in [2.45, 2.75) is 19.9 Å². The van der Waals surface area contributed by atoms with Gasteiger partial charge in [0.05, 0.1) is 0 Å². The molecule has 8 heteroatoms. The van der Waals surface area contributed by atoms with E-state index in [-0.39, 0.29) is 0 Å². The molecular weight excluding hydrogens is 256 g/mol. The molecule has 0 aliphatic rings. The zero-order valence-electron chi connectivity index (χ0n) is 9.47. The molecule has 1 atom stereocenters. The molecule has 0 amide bonds. The smallest absolute Gasteiger partial charge is 0.326 e. The quantitative estimate of drug-likeness (QED) is 0.647. The molecule has 0 radical (unpaired) electrons. The summed E-state index contributed by atoms with van der Waals surface area (Å²) in [6.07, 6.45) is 0. The fourth-order valence-corrected chi connectivity index (χ4v) is 1.28. The molecule has 0 fully saturated rings. The summed E-state index contributed by atoms with van der Waals surface area (Å²) in [4.78, 5) is 13.2. The average Bonchev–Trinajstić information content (AvgIpc) is 2.25. The molecule has 0 unspecified atom stereocenters. The summed E-state index contributed by atoms with van der Waals surface area (Å²) in [5.74, 6) is -9.17. The van der Waals surface area contributed by atoms with Gasteiger partial charge in [0.25, 0.3) is 11.9 Å². The Morgan fingerprint density at radius 3 is 1.94 bits per heavy atom. The number of hydrogen-bond donors (Lipinski definition) is 2. The van der Waals surface area contributed by atoms with Crippen molar-refractivity contribution in [1.29, 1.82) is 0 Å². The van der Waals surface area contributed by atoms with Crippen molar-refractivity contribution in [2.75, 3.05) is 5.32 Å². The SMILES string of the molecule is CC(C)[C@H](Nc1c(F)c(F)nc(F)c1F)C(=O)O. The molecule has 18 heavy (non-hydrogen) atoms. The van der Waals surface area contributed by atoms with E-state index in [2.05, 4.69) is 4.98 Å². The van der Waals surface area contributed by atoms with Crippen LogP contribution in [-0.4, -0.2) is 22.1 Å². The summed E-state index contributed by atoms with van der Waals surface area (Å²) < 4.78 is 52.0. The summed E-state index contributed by atoms with van der Waals surface area (Å²) in [6, 6.07) is -1.39. The van der Waals surface area contributed by atoms with Crippen LogP contribution in [0.2, 0.25) is 0 Å². The minimum absolute atomic E-state index is 0.555. The first-order valence-electron chi connectivity index (χ1n) is 4.95. The Bertz CT molecular complexity index is 453. The molecule has 0 aliphatic carbocycles. The second-order valence-electron chi connectivity index (χ2n) is 3.90. The lowest BCUT2D eigenvalue weighted by molar-refractivity contribution is -0.138. The summed E-state index contributed by atoms with van der Waals surface area (Å²) in [6.45, 7) is 2.94. The molecule has 0 aliphatic heterocycles. The van der Waals surface area contributed by atoms with E-state index in [1.165, 1.54) is 13.8 Å². The molecular formula is C10H10F4N2O2. The van der Waals surface area contributed by atoms with Gasteiger partial charge < -0.3 is 10.4 Å². The van der Waals surface area contributed by atoms with Crippen molar-refractivity contribution in [3.05, 3.63) is 23.5 Å². The van der Waals surface area contributed by atoms with E-state index in [9.17, 15) is 22.4 Å². The average molecular weight is 266 g/mol. The Labute approximate surface area is 99.6 Å². The lowest BCUT2D eigenvalue weighted by atomic mass is 10.0. The van der Waals surface area contributed by atoms with Gasteiger partial charge >= 0.3 is 5.97 Å². The summed E-state index contributed by atoms with van der Waals surface area (Å²) in [5.41, 5.74) is -1.18. The van der Waals surface area contributed by atoms with Crippen molar-refractivity contribution in [3.8, 4) is 0 Å². The number of aliphatic carboxylic acids is 1. The van der Waals surface area contributed by atoms with E-state index in [1.807, 2.05) is 5.32 Å². The Morgan fingerprint density at radius 2 is 1.61 bits per heavy atom. The largest absolute Gasteiger partial charge is 0.480 e. The number of halogens is 4. The third-order valence-corrected chi connectivity index (χ3v) is 2.23. The van der Waals surface area contributed by atoms with E-state index in [0.29, 0.717) is 0 Å². The van der Waals surface area contributed by atoms with Gasteiger partial charge in [-0.15, -0.1) is 0 Å². The van der Waals surface area contributed by atoms with E-state index in [0.717, 1.165) is 0 Å². The predicted octanol–water partition coefficient (Wildman–Crippen LogP) is 2.16.